The smallest absolute Gasteiger partial charge is 1.00 e. The van der Waals surface area contributed by atoms with Crippen LogP contribution in [0.4, 0.5) is 9.59 Å². The molecule has 0 unspecified atom stereocenters. The number of hydrogen-bond acceptors (Lipinski definition) is 2. The van der Waals surface area contributed by atoms with Gasteiger partial charge in [-0.2, -0.15) is 0 Å². The minimum absolute atomic E-state index is 0. The SMILES string of the molecule is C1CCCCC1.CCNC(=O)S.NC(=O)S.O.[H-].[Na+]. The van der Waals surface area contributed by atoms with E-state index in [4.69, 9.17) is 4.79 Å². The van der Waals surface area contributed by atoms with Gasteiger partial charge in [0.25, 0.3) is 10.5 Å². The first kappa shape index (κ1) is 27.0. The average Bonchev–Trinajstić information content (AvgIpc) is 2.20. The van der Waals surface area contributed by atoms with E-state index in [9.17, 15) is 4.79 Å². The molecule has 0 aromatic carbocycles. The molecule has 5 nitrogen and oxygen atoms in total. The van der Waals surface area contributed by atoms with Crippen LogP contribution >= 0.6 is 25.3 Å². The third kappa shape index (κ3) is 43.8. The number of amides is 2. The Bertz CT molecular complexity index is 184. The van der Waals surface area contributed by atoms with Gasteiger partial charge in [0.05, 0.1) is 0 Å². The average molecular weight is 308 g/mol. The topological polar surface area (TPSA) is 104 Å². The first-order valence-corrected chi connectivity index (χ1v) is 6.35. The van der Waals surface area contributed by atoms with Crippen LogP contribution in [0.2, 0.25) is 0 Å². The van der Waals surface area contributed by atoms with Gasteiger partial charge in [0.15, 0.2) is 0 Å². The number of carbonyl (C=O) groups excluding carboxylic acids is 2. The molecule has 1 fully saturated rings. The van der Waals surface area contributed by atoms with Crippen LogP contribution in [0.3, 0.4) is 0 Å². The Morgan fingerprint density at radius 2 is 1.33 bits per heavy atom. The van der Waals surface area contributed by atoms with E-state index in [0.29, 0.717) is 6.54 Å². The van der Waals surface area contributed by atoms with Crippen molar-refractivity contribution in [3.8, 4) is 0 Å². The molecule has 0 heterocycles. The van der Waals surface area contributed by atoms with Gasteiger partial charge in [-0.3, -0.25) is 9.59 Å². The standard InChI is InChI=1S/C6H12.C3H7NOS.CH3NOS.Na.H2O.H/c1-2-4-6-5-3-1;1-2-4-3(5)6;2-1(3)4;;;/h1-6H2;2H2,1H3,(H2,4,5,6);(H3,2,3,4);;1H2;/q;;;+1;;-1. The summed E-state index contributed by atoms with van der Waals surface area (Å²) in [6.07, 6.45) is 9.00. The van der Waals surface area contributed by atoms with Crippen LogP contribution in [-0.2, 0) is 0 Å². The van der Waals surface area contributed by atoms with Crippen LogP contribution in [0.15, 0.2) is 0 Å². The summed E-state index contributed by atoms with van der Waals surface area (Å²) in [6.45, 7) is 2.50. The third-order valence-corrected chi connectivity index (χ3v) is 1.99. The summed E-state index contributed by atoms with van der Waals surface area (Å²) in [5, 5.41) is 1.53. The minimum atomic E-state index is -0.639. The molecule has 2 amide bonds. The Kier molecular flexibility index (Phi) is 34.2. The zero-order chi connectivity index (χ0) is 12.8. The molecule has 0 aromatic rings. The molecule has 0 aliphatic heterocycles. The Labute approximate surface area is 144 Å². The molecule has 18 heavy (non-hydrogen) atoms. The van der Waals surface area contributed by atoms with Gasteiger partial charge >= 0.3 is 29.6 Å². The van der Waals surface area contributed by atoms with Gasteiger partial charge in [0.2, 0.25) is 0 Å². The first-order chi connectivity index (χ1) is 7.50. The van der Waals surface area contributed by atoms with E-state index in [-0.39, 0.29) is 41.7 Å². The summed E-state index contributed by atoms with van der Waals surface area (Å²) in [7, 11) is 0. The minimum Gasteiger partial charge on any atom is -1.00 e. The molecule has 0 bridgehead atoms. The summed E-state index contributed by atoms with van der Waals surface area (Å²) >= 11 is 6.53. The van der Waals surface area contributed by atoms with Crippen LogP contribution in [-0.4, -0.2) is 22.5 Å². The van der Waals surface area contributed by atoms with E-state index in [0.717, 1.165) is 0 Å². The van der Waals surface area contributed by atoms with Crippen LogP contribution in [0, 0.1) is 0 Å². The number of hydrogen-bond donors (Lipinski definition) is 4. The molecule has 0 saturated heterocycles. The largest absolute Gasteiger partial charge is 1.00 e. The van der Waals surface area contributed by atoms with Crippen molar-refractivity contribution in [2.45, 2.75) is 45.4 Å². The zero-order valence-electron chi connectivity index (χ0n) is 12.2. The molecular formula is C10H25N2NaO3S2. The van der Waals surface area contributed by atoms with Crippen molar-refractivity contribution in [3.63, 3.8) is 0 Å². The quantitative estimate of drug-likeness (QED) is 0.379. The summed E-state index contributed by atoms with van der Waals surface area (Å²) in [6, 6.07) is 0. The zero-order valence-corrected chi connectivity index (χ0v) is 15.0. The van der Waals surface area contributed by atoms with E-state index >= 15 is 0 Å². The van der Waals surface area contributed by atoms with Crippen LogP contribution in [0.25, 0.3) is 0 Å². The van der Waals surface area contributed by atoms with E-state index in [2.05, 4.69) is 36.3 Å². The second kappa shape index (κ2) is 22.8. The third-order valence-electron chi connectivity index (χ3n) is 1.83. The van der Waals surface area contributed by atoms with Gasteiger partial charge in [-0.05, 0) is 6.92 Å². The van der Waals surface area contributed by atoms with Crippen LogP contribution in [0.1, 0.15) is 46.9 Å². The Hall–Kier alpha value is 0.600. The number of rotatable bonds is 1. The van der Waals surface area contributed by atoms with E-state index in [1.807, 2.05) is 6.92 Å². The molecule has 0 spiro atoms. The molecule has 8 heteroatoms. The first-order valence-electron chi connectivity index (χ1n) is 5.45. The molecule has 1 rings (SSSR count). The van der Waals surface area contributed by atoms with E-state index in [1.54, 1.807) is 0 Å². The van der Waals surface area contributed by atoms with Crippen molar-refractivity contribution < 1.29 is 46.0 Å². The van der Waals surface area contributed by atoms with Crippen molar-refractivity contribution >= 4 is 35.7 Å². The number of carbonyl (C=O) groups is 2. The maximum Gasteiger partial charge on any atom is 1.00 e. The van der Waals surface area contributed by atoms with Gasteiger partial charge in [-0.15, -0.1) is 0 Å². The van der Waals surface area contributed by atoms with Crippen molar-refractivity contribution in [2.24, 2.45) is 5.73 Å². The number of primary amides is 1. The van der Waals surface area contributed by atoms with Crippen molar-refractivity contribution in [1.82, 2.24) is 5.32 Å². The van der Waals surface area contributed by atoms with Crippen molar-refractivity contribution in [1.29, 1.82) is 0 Å². The normalized spacial score (nSPS) is 11.9. The summed E-state index contributed by atoms with van der Waals surface area (Å²) in [5.41, 5.74) is 4.34. The van der Waals surface area contributed by atoms with Gasteiger partial charge < -0.3 is 18.0 Å². The number of nitrogens with one attached hydrogen (secondary N) is 1. The van der Waals surface area contributed by atoms with Gasteiger partial charge in [-0.1, -0.05) is 63.8 Å². The number of thiol groups is 2. The molecule has 0 aromatic heterocycles. The summed E-state index contributed by atoms with van der Waals surface area (Å²) in [5.74, 6) is 0. The molecule has 1 aliphatic rings. The molecule has 0 radical (unpaired) electrons. The monoisotopic (exact) mass is 308 g/mol. The molecule has 106 valence electrons. The van der Waals surface area contributed by atoms with Crippen LogP contribution < -0.4 is 40.6 Å². The van der Waals surface area contributed by atoms with Gasteiger partial charge in [0, 0.05) is 6.54 Å². The Morgan fingerprint density at radius 1 is 1.11 bits per heavy atom. The summed E-state index contributed by atoms with van der Waals surface area (Å²) in [4.78, 5) is 18.9. The van der Waals surface area contributed by atoms with Gasteiger partial charge in [-0.25, -0.2) is 0 Å². The Balaban J connectivity index is -0.0000000488. The predicted molar refractivity (Wildman–Crippen MR) is 79.1 cm³/mol. The fourth-order valence-corrected chi connectivity index (χ4v) is 1.37. The molecule has 1 aliphatic carbocycles. The number of nitrogens with two attached hydrogens (primary N) is 1. The Morgan fingerprint density at radius 3 is 1.39 bits per heavy atom. The van der Waals surface area contributed by atoms with E-state index in [1.165, 1.54) is 38.5 Å². The summed E-state index contributed by atoms with van der Waals surface area (Å²) < 4.78 is 0. The van der Waals surface area contributed by atoms with Crippen molar-refractivity contribution in [2.75, 3.05) is 6.54 Å². The van der Waals surface area contributed by atoms with Gasteiger partial charge in [0.1, 0.15) is 0 Å². The van der Waals surface area contributed by atoms with Crippen LogP contribution in [0.5, 0.6) is 0 Å². The second-order valence-electron chi connectivity index (χ2n) is 3.30. The maximum atomic E-state index is 9.80. The molecule has 5 N–H and O–H groups in total. The molecule has 1 saturated carbocycles. The fraction of sp³-hybridized carbons (Fsp3) is 0.800. The maximum absolute atomic E-state index is 9.80. The second-order valence-corrected chi connectivity index (χ2v) is 4.14. The molecule has 0 atom stereocenters. The molecular weight excluding hydrogens is 283 g/mol. The van der Waals surface area contributed by atoms with Crippen molar-refractivity contribution in [3.05, 3.63) is 0 Å². The fourth-order valence-electron chi connectivity index (χ4n) is 1.21. The van der Waals surface area contributed by atoms with E-state index < -0.39 is 5.24 Å². The predicted octanol–water partition coefficient (Wildman–Crippen LogP) is -0.727.